The normalized spacial score (nSPS) is 12.4. The van der Waals surface area contributed by atoms with Crippen molar-refractivity contribution in [3.8, 4) is 11.3 Å². The summed E-state index contributed by atoms with van der Waals surface area (Å²) in [5, 5.41) is 10.1. The number of hydrogen-bond donors (Lipinski definition) is 2. The summed E-state index contributed by atoms with van der Waals surface area (Å²) in [4.78, 5) is 19.5. The third-order valence-corrected chi connectivity index (χ3v) is 3.94. The van der Waals surface area contributed by atoms with Gasteiger partial charge >= 0.3 is 0 Å². The van der Waals surface area contributed by atoms with Crippen LogP contribution in [-0.2, 0) is 13.0 Å². The molecule has 1 aliphatic carbocycles. The minimum absolute atomic E-state index is 0.00670. The second-order valence-electron chi connectivity index (χ2n) is 4.99. The molecule has 1 aliphatic rings. The van der Waals surface area contributed by atoms with E-state index < -0.39 is 0 Å². The Morgan fingerprint density at radius 1 is 1.20 bits per heavy atom. The number of aromatic amines is 1. The number of aliphatic hydroxyl groups excluding tert-OH is 1. The van der Waals surface area contributed by atoms with E-state index in [1.807, 2.05) is 18.2 Å². The standard InChI is InChI=1S/C16H12N2O2/c19-8-9-3-1-4-10-12(9)7-13-14-11(5-2-6-17-14)16(20)18-15(10)13/h1-6,19H,7-8H2,(H,18,20). The number of H-pyrrole nitrogens is 1. The molecule has 2 heterocycles. The predicted molar refractivity (Wildman–Crippen MR) is 76.5 cm³/mol. The van der Waals surface area contributed by atoms with Gasteiger partial charge in [-0.2, -0.15) is 0 Å². The van der Waals surface area contributed by atoms with E-state index in [4.69, 9.17) is 0 Å². The van der Waals surface area contributed by atoms with Gasteiger partial charge in [-0.3, -0.25) is 9.78 Å². The van der Waals surface area contributed by atoms with Gasteiger partial charge in [-0.1, -0.05) is 18.2 Å². The molecule has 0 radical (unpaired) electrons. The van der Waals surface area contributed by atoms with E-state index in [0.29, 0.717) is 11.8 Å². The average Bonchev–Trinajstić information content (AvgIpc) is 2.86. The fourth-order valence-electron chi connectivity index (χ4n) is 3.01. The Hall–Kier alpha value is -2.46. The molecule has 1 aromatic carbocycles. The lowest BCUT2D eigenvalue weighted by molar-refractivity contribution is 0.281. The van der Waals surface area contributed by atoms with Gasteiger partial charge in [0.2, 0.25) is 0 Å². The SMILES string of the molecule is O=c1[nH]c2c(c3ncccc13)Cc1c(CO)cccc1-2. The molecule has 98 valence electrons. The van der Waals surface area contributed by atoms with Crippen LogP contribution in [0.3, 0.4) is 0 Å². The summed E-state index contributed by atoms with van der Waals surface area (Å²) in [5.41, 5.74) is 5.50. The molecule has 4 rings (SSSR count). The van der Waals surface area contributed by atoms with Crippen molar-refractivity contribution in [3.63, 3.8) is 0 Å². The number of nitrogens with one attached hydrogen (secondary N) is 1. The molecule has 2 aromatic heterocycles. The lowest BCUT2D eigenvalue weighted by Crippen LogP contribution is -2.09. The van der Waals surface area contributed by atoms with E-state index in [1.54, 1.807) is 18.3 Å². The van der Waals surface area contributed by atoms with E-state index in [0.717, 1.165) is 33.5 Å². The van der Waals surface area contributed by atoms with Crippen LogP contribution < -0.4 is 5.56 Å². The Morgan fingerprint density at radius 3 is 2.95 bits per heavy atom. The minimum atomic E-state index is -0.117. The molecule has 4 heteroatoms. The number of nitrogens with zero attached hydrogens (tertiary/aromatic N) is 1. The molecule has 0 saturated carbocycles. The Kier molecular flexibility index (Phi) is 2.28. The van der Waals surface area contributed by atoms with Crippen molar-refractivity contribution in [3.05, 3.63) is 63.6 Å². The number of fused-ring (bicyclic) bond motifs is 5. The zero-order chi connectivity index (χ0) is 13.7. The molecular formula is C16H12N2O2. The molecule has 20 heavy (non-hydrogen) atoms. The molecular weight excluding hydrogens is 252 g/mol. The molecule has 0 amide bonds. The van der Waals surface area contributed by atoms with Gasteiger partial charge in [-0.25, -0.2) is 0 Å². The van der Waals surface area contributed by atoms with Crippen molar-refractivity contribution in [1.29, 1.82) is 0 Å². The lowest BCUT2D eigenvalue weighted by Gasteiger charge is -2.04. The maximum absolute atomic E-state index is 12.2. The molecule has 0 fully saturated rings. The molecule has 3 aromatic rings. The first-order valence-corrected chi connectivity index (χ1v) is 6.51. The van der Waals surface area contributed by atoms with Crippen molar-refractivity contribution in [1.82, 2.24) is 9.97 Å². The van der Waals surface area contributed by atoms with Crippen LogP contribution in [0, 0.1) is 0 Å². The summed E-state index contributed by atoms with van der Waals surface area (Å²) in [7, 11) is 0. The van der Waals surface area contributed by atoms with Crippen LogP contribution in [0.4, 0.5) is 0 Å². The molecule has 0 saturated heterocycles. The summed E-state index contributed by atoms with van der Waals surface area (Å²) in [5.74, 6) is 0. The first kappa shape index (κ1) is 11.4. The Balaban J connectivity index is 2.11. The van der Waals surface area contributed by atoms with Gasteiger partial charge in [0.25, 0.3) is 5.56 Å². The van der Waals surface area contributed by atoms with Crippen LogP contribution in [0.15, 0.2) is 41.3 Å². The monoisotopic (exact) mass is 264 g/mol. The van der Waals surface area contributed by atoms with Gasteiger partial charge in [-0.05, 0) is 23.3 Å². The van der Waals surface area contributed by atoms with Gasteiger partial charge in [0.05, 0.1) is 23.2 Å². The summed E-state index contributed by atoms with van der Waals surface area (Å²) < 4.78 is 0. The minimum Gasteiger partial charge on any atom is -0.392 e. The number of benzene rings is 1. The molecule has 0 bridgehead atoms. The van der Waals surface area contributed by atoms with Gasteiger partial charge in [0, 0.05) is 23.7 Å². The quantitative estimate of drug-likeness (QED) is 0.552. The number of pyridine rings is 2. The Labute approximate surface area is 114 Å². The zero-order valence-corrected chi connectivity index (χ0v) is 10.7. The number of aliphatic hydroxyl groups is 1. The fourth-order valence-corrected chi connectivity index (χ4v) is 3.01. The fraction of sp³-hybridized carbons (Fsp3) is 0.125. The predicted octanol–water partition coefficient (Wildman–Crippen LogP) is 1.99. The van der Waals surface area contributed by atoms with Crippen LogP contribution in [0.5, 0.6) is 0 Å². The van der Waals surface area contributed by atoms with E-state index >= 15 is 0 Å². The second kappa shape index (κ2) is 4.02. The maximum atomic E-state index is 12.2. The highest BCUT2D eigenvalue weighted by atomic mass is 16.3. The molecule has 4 nitrogen and oxygen atoms in total. The number of aromatic nitrogens is 2. The van der Waals surface area contributed by atoms with E-state index in [2.05, 4.69) is 9.97 Å². The van der Waals surface area contributed by atoms with Crippen molar-refractivity contribution in [2.75, 3.05) is 0 Å². The zero-order valence-electron chi connectivity index (χ0n) is 10.7. The topological polar surface area (TPSA) is 66.0 Å². The molecule has 0 unspecified atom stereocenters. The van der Waals surface area contributed by atoms with E-state index in [1.165, 1.54) is 0 Å². The first-order valence-electron chi connectivity index (χ1n) is 6.51. The largest absolute Gasteiger partial charge is 0.392 e. The third kappa shape index (κ3) is 1.39. The highest BCUT2D eigenvalue weighted by molar-refractivity contribution is 5.90. The first-order chi connectivity index (χ1) is 9.79. The summed E-state index contributed by atoms with van der Waals surface area (Å²) in [6.45, 7) is 0.00670. The molecule has 2 N–H and O–H groups in total. The highest BCUT2D eigenvalue weighted by Crippen LogP contribution is 2.38. The average molecular weight is 264 g/mol. The van der Waals surface area contributed by atoms with Crippen molar-refractivity contribution < 1.29 is 5.11 Å². The maximum Gasteiger partial charge on any atom is 0.257 e. The third-order valence-electron chi connectivity index (χ3n) is 3.94. The smallest absolute Gasteiger partial charge is 0.257 e. The van der Waals surface area contributed by atoms with Crippen LogP contribution in [-0.4, -0.2) is 15.1 Å². The van der Waals surface area contributed by atoms with E-state index in [-0.39, 0.29) is 12.2 Å². The van der Waals surface area contributed by atoms with Crippen LogP contribution in [0.2, 0.25) is 0 Å². The van der Waals surface area contributed by atoms with Gasteiger partial charge in [0.1, 0.15) is 0 Å². The van der Waals surface area contributed by atoms with Crippen molar-refractivity contribution in [2.45, 2.75) is 13.0 Å². The lowest BCUT2D eigenvalue weighted by atomic mass is 10.0. The summed E-state index contributed by atoms with van der Waals surface area (Å²) >= 11 is 0. The summed E-state index contributed by atoms with van der Waals surface area (Å²) in [6, 6.07) is 9.35. The van der Waals surface area contributed by atoms with Gasteiger partial charge < -0.3 is 10.1 Å². The van der Waals surface area contributed by atoms with Gasteiger partial charge in [0.15, 0.2) is 0 Å². The second-order valence-corrected chi connectivity index (χ2v) is 4.99. The Morgan fingerprint density at radius 2 is 2.10 bits per heavy atom. The van der Waals surface area contributed by atoms with E-state index in [9.17, 15) is 9.90 Å². The number of rotatable bonds is 1. The molecule has 0 aliphatic heterocycles. The highest BCUT2D eigenvalue weighted by Gasteiger charge is 2.24. The van der Waals surface area contributed by atoms with Crippen molar-refractivity contribution >= 4 is 10.9 Å². The van der Waals surface area contributed by atoms with Crippen LogP contribution in [0.25, 0.3) is 22.2 Å². The van der Waals surface area contributed by atoms with Crippen molar-refractivity contribution in [2.24, 2.45) is 0 Å². The van der Waals surface area contributed by atoms with Gasteiger partial charge in [-0.15, -0.1) is 0 Å². The summed E-state index contributed by atoms with van der Waals surface area (Å²) in [6.07, 6.45) is 2.41. The molecule has 0 spiro atoms. The number of hydrogen-bond acceptors (Lipinski definition) is 3. The van der Waals surface area contributed by atoms with Crippen LogP contribution >= 0.6 is 0 Å². The molecule has 0 atom stereocenters. The Bertz CT molecular complexity index is 897. The van der Waals surface area contributed by atoms with Crippen LogP contribution in [0.1, 0.15) is 16.7 Å².